The number of nitrogens with two attached hydrogens (primary N) is 4. The van der Waals surface area contributed by atoms with Crippen LogP contribution in [0.5, 0.6) is 11.5 Å². The van der Waals surface area contributed by atoms with E-state index < -0.39 is 11.9 Å². The first-order valence-electron chi connectivity index (χ1n) is 8.04. The normalized spacial score (nSPS) is 16.4. The van der Waals surface area contributed by atoms with Crippen molar-refractivity contribution in [2.24, 2.45) is 27.9 Å². The van der Waals surface area contributed by atoms with Crippen LogP contribution in [0.4, 0.5) is 0 Å². The lowest BCUT2D eigenvalue weighted by atomic mass is 10.0. The lowest BCUT2D eigenvalue weighted by molar-refractivity contribution is -0.115. The summed E-state index contributed by atoms with van der Waals surface area (Å²) in [5, 5.41) is 21.7. The number of carbonyl (C=O) groups is 1. The van der Waals surface area contributed by atoms with Gasteiger partial charge in [-0.1, -0.05) is 31.0 Å². The predicted molar refractivity (Wildman–Crippen MR) is 101 cm³/mol. The van der Waals surface area contributed by atoms with Crippen LogP contribution in [0.25, 0.3) is 0 Å². The zero-order valence-electron chi connectivity index (χ0n) is 14.6. The third-order valence-electron chi connectivity index (χ3n) is 3.91. The number of phenols is 2. The van der Waals surface area contributed by atoms with Gasteiger partial charge in [-0.25, -0.2) is 9.89 Å². The van der Waals surface area contributed by atoms with Crippen LogP contribution >= 0.6 is 11.6 Å². The molecule has 1 unspecified atom stereocenters. The van der Waals surface area contributed by atoms with E-state index in [1.165, 1.54) is 12.1 Å². The number of benzene rings is 1. The van der Waals surface area contributed by atoms with Crippen molar-refractivity contribution in [3.8, 4) is 11.5 Å². The fourth-order valence-corrected chi connectivity index (χ4v) is 2.74. The second-order valence-electron chi connectivity index (χ2n) is 5.82. The van der Waals surface area contributed by atoms with E-state index in [9.17, 15) is 15.0 Å². The highest BCUT2D eigenvalue weighted by atomic mass is 35.5. The molecule has 1 aliphatic heterocycles. The summed E-state index contributed by atoms with van der Waals surface area (Å²) in [6, 6.07) is 3.90. The Kier molecular flexibility index (Phi) is 5.91. The SMILES string of the molecule is CCCC(N=C(N)N1C(N)=C(Cl)NC(C(N)=O)=C1N)c1ccc(O)c(O)c1. The van der Waals surface area contributed by atoms with Crippen LogP contribution in [-0.2, 0) is 4.79 Å². The Morgan fingerprint density at radius 3 is 2.48 bits per heavy atom. The summed E-state index contributed by atoms with van der Waals surface area (Å²) in [5.41, 5.74) is 23.7. The van der Waals surface area contributed by atoms with Crippen molar-refractivity contribution < 1.29 is 15.0 Å². The van der Waals surface area contributed by atoms with Crippen LogP contribution in [-0.4, -0.2) is 27.0 Å². The molecule has 1 atom stereocenters. The fraction of sp³-hybridized carbons (Fsp3) is 0.250. The average molecular weight is 396 g/mol. The summed E-state index contributed by atoms with van der Waals surface area (Å²) >= 11 is 6.00. The topological polar surface area (TPSA) is 189 Å². The van der Waals surface area contributed by atoms with E-state index in [0.717, 1.165) is 11.3 Å². The number of rotatable bonds is 5. The van der Waals surface area contributed by atoms with Crippen molar-refractivity contribution in [3.63, 3.8) is 0 Å². The molecule has 1 aliphatic rings. The molecule has 1 aromatic rings. The lowest BCUT2D eigenvalue weighted by Gasteiger charge is -2.31. The highest BCUT2D eigenvalue weighted by molar-refractivity contribution is 6.30. The number of phenolic OH excluding ortho intramolecular Hbond substituents is 2. The number of aliphatic imine (C=N–C) groups is 1. The van der Waals surface area contributed by atoms with E-state index in [2.05, 4.69) is 10.3 Å². The Labute approximate surface area is 160 Å². The van der Waals surface area contributed by atoms with Crippen molar-refractivity contribution in [1.29, 1.82) is 0 Å². The molecule has 0 radical (unpaired) electrons. The largest absolute Gasteiger partial charge is 0.504 e. The molecule has 0 aromatic heterocycles. The van der Waals surface area contributed by atoms with E-state index in [0.29, 0.717) is 12.0 Å². The molecule has 11 N–H and O–H groups in total. The summed E-state index contributed by atoms with van der Waals surface area (Å²) in [5.74, 6) is -1.68. The van der Waals surface area contributed by atoms with Gasteiger partial charge in [-0.2, -0.15) is 0 Å². The Morgan fingerprint density at radius 2 is 1.93 bits per heavy atom. The van der Waals surface area contributed by atoms with E-state index in [4.69, 9.17) is 34.5 Å². The number of nitrogens with one attached hydrogen (secondary N) is 1. The average Bonchev–Trinajstić information content (AvgIpc) is 2.60. The lowest BCUT2D eigenvalue weighted by Crippen LogP contribution is -2.49. The molecule has 27 heavy (non-hydrogen) atoms. The molecule has 0 aliphatic carbocycles. The van der Waals surface area contributed by atoms with Crippen molar-refractivity contribution in [2.75, 3.05) is 0 Å². The summed E-state index contributed by atoms with van der Waals surface area (Å²) in [7, 11) is 0. The quantitative estimate of drug-likeness (QED) is 0.158. The molecule has 1 aromatic carbocycles. The molecule has 0 fully saturated rings. The van der Waals surface area contributed by atoms with Crippen LogP contribution in [0, 0.1) is 0 Å². The molecule has 2 rings (SSSR count). The van der Waals surface area contributed by atoms with Gasteiger partial charge in [0.05, 0.1) is 6.04 Å². The molecule has 10 nitrogen and oxygen atoms in total. The Hall–Kier alpha value is -3.27. The van der Waals surface area contributed by atoms with Gasteiger partial charge in [0, 0.05) is 0 Å². The first-order chi connectivity index (χ1) is 12.7. The first kappa shape index (κ1) is 20.0. The third kappa shape index (κ3) is 4.11. The van der Waals surface area contributed by atoms with Gasteiger partial charge >= 0.3 is 0 Å². The zero-order valence-corrected chi connectivity index (χ0v) is 15.4. The van der Waals surface area contributed by atoms with E-state index in [1.807, 2.05) is 6.92 Å². The van der Waals surface area contributed by atoms with E-state index in [-0.39, 0.29) is 40.0 Å². The van der Waals surface area contributed by atoms with Gasteiger partial charge in [0.15, 0.2) is 11.5 Å². The molecule has 1 heterocycles. The second kappa shape index (κ2) is 7.96. The molecule has 0 spiro atoms. The molecule has 0 bridgehead atoms. The minimum Gasteiger partial charge on any atom is -0.504 e. The molecule has 146 valence electrons. The number of guanidine groups is 1. The predicted octanol–water partition coefficient (Wildman–Crippen LogP) is 0.0961. The van der Waals surface area contributed by atoms with Crippen LogP contribution in [0.15, 0.2) is 45.7 Å². The van der Waals surface area contributed by atoms with Gasteiger partial charge in [0.2, 0.25) is 5.96 Å². The number of primary amides is 1. The maximum absolute atomic E-state index is 11.5. The Balaban J connectivity index is 2.48. The van der Waals surface area contributed by atoms with Crippen LogP contribution < -0.4 is 28.3 Å². The minimum absolute atomic E-state index is 0.0516. The van der Waals surface area contributed by atoms with E-state index >= 15 is 0 Å². The number of carbonyl (C=O) groups excluding carboxylic acids is 1. The van der Waals surface area contributed by atoms with Crippen LogP contribution in [0.1, 0.15) is 31.4 Å². The number of nitrogens with zero attached hydrogens (tertiary/aromatic N) is 2. The molecular weight excluding hydrogens is 374 g/mol. The fourth-order valence-electron chi connectivity index (χ4n) is 2.56. The smallest absolute Gasteiger partial charge is 0.268 e. The van der Waals surface area contributed by atoms with Gasteiger partial charge in [-0.3, -0.25) is 4.79 Å². The first-order valence-corrected chi connectivity index (χ1v) is 8.42. The van der Waals surface area contributed by atoms with Crippen molar-refractivity contribution in [1.82, 2.24) is 10.2 Å². The van der Waals surface area contributed by atoms with E-state index in [1.54, 1.807) is 6.07 Å². The molecular formula is C16H22ClN7O3. The zero-order chi connectivity index (χ0) is 20.3. The van der Waals surface area contributed by atoms with Gasteiger partial charge in [0.1, 0.15) is 22.5 Å². The maximum atomic E-state index is 11.5. The summed E-state index contributed by atoms with van der Waals surface area (Å²) in [6.45, 7) is 1.95. The van der Waals surface area contributed by atoms with Crippen molar-refractivity contribution >= 4 is 23.5 Å². The van der Waals surface area contributed by atoms with Gasteiger partial charge < -0.3 is 38.5 Å². The number of hydrogen-bond donors (Lipinski definition) is 7. The second-order valence-corrected chi connectivity index (χ2v) is 6.20. The van der Waals surface area contributed by atoms with Crippen LogP contribution in [0.2, 0.25) is 0 Å². The number of aromatic hydroxyl groups is 2. The summed E-state index contributed by atoms with van der Waals surface area (Å²) in [6.07, 6.45) is 1.34. The molecule has 0 saturated carbocycles. The Morgan fingerprint density at radius 1 is 1.26 bits per heavy atom. The highest BCUT2D eigenvalue weighted by Crippen LogP contribution is 2.32. The molecule has 0 saturated heterocycles. The summed E-state index contributed by atoms with van der Waals surface area (Å²) in [4.78, 5) is 17.1. The number of hydrogen-bond acceptors (Lipinski definition) is 7. The molecule has 1 amide bonds. The third-order valence-corrected chi connectivity index (χ3v) is 4.20. The highest BCUT2D eigenvalue weighted by Gasteiger charge is 2.29. The van der Waals surface area contributed by atoms with Gasteiger partial charge in [0.25, 0.3) is 5.91 Å². The van der Waals surface area contributed by atoms with Crippen LogP contribution in [0.3, 0.4) is 0 Å². The number of halogens is 1. The number of amides is 1. The molecule has 11 heteroatoms. The summed E-state index contributed by atoms with van der Waals surface area (Å²) < 4.78 is 0. The maximum Gasteiger partial charge on any atom is 0.268 e. The van der Waals surface area contributed by atoms with Crippen molar-refractivity contribution in [2.45, 2.75) is 25.8 Å². The standard InChI is InChI=1S/C16H22ClN7O3/c1-2-3-8(7-4-5-9(25)10(26)6-7)22-16(21)24-13(18)11(15(20)27)23-12(17)14(24)19/h4-6,8,23,25-26H,2-3,18-19H2,1H3,(H2,20,27)(H2,21,22). The minimum atomic E-state index is -0.843. The van der Waals surface area contributed by atoms with Crippen molar-refractivity contribution in [3.05, 3.63) is 46.3 Å². The monoisotopic (exact) mass is 395 g/mol. The Bertz CT molecular complexity index is 850. The van der Waals surface area contributed by atoms with Gasteiger partial charge in [-0.05, 0) is 24.1 Å². The van der Waals surface area contributed by atoms with Gasteiger partial charge in [-0.15, -0.1) is 0 Å².